The Balaban J connectivity index is 2.79. The molecule has 0 spiro atoms. The van der Waals surface area contributed by atoms with E-state index in [1.807, 2.05) is 18.2 Å². The summed E-state index contributed by atoms with van der Waals surface area (Å²) in [4.78, 5) is 0. The first-order valence-electron chi connectivity index (χ1n) is 6.25. The maximum absolute atomic E-state index is 5.82. The van der Waals surface area contributed by atoms with Gasteiger partial charge >= 0.3 is 0 Å². The molecular formula is C14H22O2P-. The van der Waals surface area contributed by atoms with E-state index in [1.165, 1.54) is 0 Å². The summed E-state index contributed by atoms with van der Waals surface area (Å²) in [5, 5.41) is 0.960. The van der Waals surface area contributed by atoms with Crippen molar-refractivity contribution in [2.24, 2.45) is 0 Å². The first-order chi connectivity index (χ1) is 8.06. The Kier molecular flexibility index (Phi) is 5.77. The van der Waals surface area contributed by atoms with E-state index in [0.717, 1.165) is 29.6 Å². The molecule has 2 nitrogen and oxygen atoms in total. The Hall–Kier alpha value is -0.750. The maximum Gasteiger partial charge on any atom is 0.123 e. The fourth-order valence-electron chi connectivity index (χ4n) is 1.29. The molecule has 0 radical (unpaired) electrons. The van der Waals surface area contributed by atoms with E-state index < -0.39 is 0 Å². The fourth-order valence-corrected chi connectivity index (χ4v) is 1.50. The molecule has 0 N–H and O–H groups in total. The summed E-state index contributed by atoms with van der Waals surface area (Å²) < 4.78 is 11.6. The molecule has 0 fully saturated rings. The van der Waals surface area contributed by atoms with Crippen molar-refractivity contribution in [3.05, 3.63) is 18.2 Å². The van der Waals surface area contributed by atoms with Crippen molar-refractivity contribution >= 4 is 14.5 Å². The monoisotopic (exact) mass is 253 g/mol. The SMILES string of the molecule is CCC(C)Oc1ccc([PH-])c(OC(C)CC)c1. The van der Waals surface area contributed by atoms with Gasteiger partial charge in [-0.15, -0.1) is 0 Å². The third-order valence-corrected chi connectivity index (χ3v) is 3.18. The highest BCUT2D eigenvalue weighted by atomic mass is 31.0. The highest BCUT2D eigenvalue weighted by molar-refractivity contribution is 7.27. The smallest absolute Gasteiger partial charge is 0.123 e. The number of hydrogen-bond acceptors (Lipinski definition) is 2. The lowest BCUT2D eigenvalue weighted by atomic mass is 10.2. The standard InChI is InChI=1S/C14H22O2P/c1-5-10(3)15-12-7-8-14(17)13(9-12)16-11(4)6-2/h7-11,17H,5-6H2,1-4H3/q-1. The summed E-state index contributed by atoms with van der Waals surface area (Å²) in [5.74, 6) is 1.71. The molecule has 0 bridgehead atoms. The molecule has 1 rings (SSSR count). The van der Waals surface area contributed by atoms with Crippen LogP contribution >= 0.6 is 9.24 Å². The van der Waals surface area contributed by atoms with E-state index >= 15 is 0 Å². The predicted molar refractivity (Wildman–Crippen MR) is 75.2 cm³/mol. The molecule has 0 amide bonds. The minimum absolute atomic E-state index is 0.212. The van der Waals surface area contributed by atoms with E-state index in [0.29, 0.717) is 0 Å². The van der Waals surface area contributed by atoms with Crippen LogP contribution in [0.25, 0.3) is 0 Å². The Morgan fingerprint density at radius 2 is 1.65 bits per heavy atom. The van der Waals surface area contributed by atoms with Crippen LogP contribution in [0, 0.1) is 0 Å². The lowest BCUT2D eigenvalue weighted by Crippen LogP contribution is -2.15. The molecule has 0 saturated carbocycles. The lowest BCUT2D eigenvalue weighted by Gasteiger charge is -2.20. The number of ether oxygens (including phenoxy) is 2. The van der Waals surface area contributed by atoms with Gasteiger partial charge in [-0.05, 0) is 32.8 Å². The summed E-state index contributed by atoms with van der Waals surface area (Å²) in [6, 6.07) is 5.87. The zero-order valence-corrected chi connectivity index (χ0v) is 12.1. The summed E-state index contributed by atoms with van der Waals surface area (Å²) >= 11 is 0. The quantitative estimate of drug-likeness (QED) is 0.718. The maximum atomic E-state index is 5.82. The molecule has 2 atom stereocenters. The number of benzene rings is 1. The van der Waals surface area contributed by atoms with Crippen LogP contribution in [0.4, 0.5) is 0 Å². The molecule has 0 aliphatic heterocycles. The van der Waals surface area contributed by atoms with E-state index in [2.05, 4.69) is 36.9 Å². The van der Waals surface area contributed by atoms with Gasteiger partial charge in [0.1, 0.15) is 5.75 Å². The molecule has 1 aromatic rings. The zero-order valence-electron chi connectivity index (χ0n) is 11.1. The van der Waals surface area contributed by atoms with Crippen LogP contribution < -0.4 is 14.8 Å². The topological polar surface area (TPSA) is 18.5 Å². The molecule has 0 saturated heterocycles. The van der Waals surface area contributed by atoms with E-state index in [-0.39, 0.29) is 12.2 Å². The summed E-state index contributed by atoms with van der Waals surface area (Å²) in [6.45, 7) is 8.35. The van der Waals surface area contributed by atoms with E-state index in [4.69, 9.17) is 9.47 Å². The first-order valence-corrected chi connectivity index (χ1v) is 6.75. The summed E-state index contributed by atoms with van der Waals surface area (Å²) in [6.07, 6.45) is 2.43. The molecule has 2 unspecified atom stereocenters. The van der Waals surface area contributed by atoms with Gasteiger partial charge in [-0.25, -0.2) is 0 Å². The second kappa shape index (κ2) is 6.86. The predicted octanol–water partition coefficient (Wildman–Crippen LogP) is 3.81. The fraction of sp³-hybridized carbons (Fsp3) is 0.571. The number of rotatable bonds is 6. The van der Waals surface area contributed by atoms with Crippen molar-refractivity contribution in [3.8, 4) is 11.5 Å². The van der Waals surface area contributed by atoms with Crippen LogP contribution in [0.2, 0.25) is 0 Å². The Morgan fingerprint density at radius 3 is 2.24 bits per heavy atom. The van der Waals surface area contributed by atoms with Crippen molar-refractivity contribution in [1.29, 1.82) is 0 Å². The third kappa shape index (κ3) is 4.55. The van der Waals surface area contributed by atoms with Gasteiger partial charge in [0.25, 0.3) is 0 Å². The van der Waals surface area contributed by atoms with Crippen LogP contribution in [0.3, 0.4) is 0 Å². The molecule has 96 valence electrons. The Labute approximate surface area is 107 Å². The zero-order chi connectivity index (χ0) is 12.8. The molecule has 1 aromatic carbocycles. The van der Waals surface area contributed by atoms with Gasteiger partial charge in [0.05, 0.1) is 18.0 Å². The molecular weight excluding hydrogens is 231 g/mol. The van der Waals surface area contributed by atoms with Gasteiger partial charge in [-0.1, -0.05) is 19.9 Å². The Morgan fingerprint density at radius 1 is 1.06 bits per heavy atom. The lowest BCUT2D eigenvalue weighted by molar-refractivity contribution is 0.206. The van der Waals surface area contributed by atoms with Gasteiger partial charge in [-0.2, -0.15) is 5.30 Å². The minimum Gasteiger partial charge on any atom is -0.521 e. The van der Waals surface area contributed by atoms with Crippen molar-refractivity contribution in [2.75, 3.05) is 0 Å². The van der Waals surface area contributed by atoms with Crippen LogP contribution in [-0.4, -0.2) is 12.2 Å². The highest BCUT2D eigenvalue weighted by Gasteiger charge is 2.05. The largest absolute Gasteiger partial charge is 0.521 e. The highest BCUT2D eigenvalue weighted by Crippen LogP contribution is 2.22. The third-order valence-electron chi connectivity index (χ3n) is 2.77. The van der Waals surface area contributed by atoms with Gasteiger partial charge in [-0.3, -0.25) is 0 Å². The van der Waals surface area contributed by atoms with Crippen molar-refractivity contribution in [1.82, 2.24) is 0 Å². The van der Waals surface area contributed by atoms with E-state index in [9.17, 15) is 0 Å². The number of hydrogen-bond donors (Lipinski definition) is 0. The normalized spacial score (nSPS) is 14.2. The van der Waals surface area contributed by atoms with Gasteiger partial charge < -0.3 is 18.7 Å². The average Bonchev–Trinajstić information content (AvgIpc) is 2.33. The molecule has 0 aromatic heterocycles. The van der Waals surface area contributed by atoms with Crippen molar-refractivity contribution in [3.63, 3.8) is 0 Å². The second-order valence-corrected chi connectivity index (χ2v) is 4.87. The average molecular weight is 253 g/mol. The van der Waals surface area contributed by atoms with E-state index in [1.54, 1.807) is 0 Å². The molecule has 3 heteroatoms. The van der Waals surface area contributed by atoms with Crippen LogP contribution in [0.5, 0.6) is 11.5 Å². The van der Waals surface area contributed by atoms with Crippen LogP contribution in [0.1, 0.15) is 40.5 Å². The minimum atomic E-state index is 0.212. The van der Waals surface area contributed by atoms with Crippen molar-refractivity contribution < 1.29 is 9.47 Å². The Bertz CT molecular complexity index is 352. The summed E-state index contributed by atoms with van der Waals surface area (Å²) in [5.41, 5.74) is 0. The molecule has 17 heavy (non-hydrogen) atoms. The van der Waals surface area contributed by atoms with Gasteiger partial charge in [0.2, 0.25) is 0 Å². The van der Waals surface area contributed by atoms with Gasteiger partial charge in [0.15, 0.2) is 0 Å². The molecule has 0 aliphatic carbocycles. The van der Waals surface area contributed by atoms with Gasteiger partial charge in [0, 0.05) is 6.07 Å². The van der Waals surface area contributed by atoms with Crippen LogP contribution in [-0.2, 0) is 0 Å². The summed E-state index contributed by atoms with van der Waals surface area (Å²) in [7, 11) is 3.54. The van der Waals surface area contributed by atoms with Crippen LogP contribution in [0.15, 0.2) is 18.2 Å². The molecule has 0 aliphatic rings. The molecule has 0 heterocycles. The van der Waals surface area contributed by atoms with Crippen molar-refractivity contribution in [2.45, 2.75) is 52.7 Å². The second-order valence-electron chi connectivity index (χ2n) is 4.33. The first kappa shape index (κ1) is 14.3.